The molecule has 1 amide bonds. The highest BCUT2D eigenvalue weighted by atomic mass is 32.2. The lowest BCUT2D eigenvalue weighted by Gasteiger charge is -2.61. The number of nitrogens with zero attached hydrogens (tertiary/aromatic N) is 1. The van der Waals surface area contributed by atoms with Crippen molar-refractivity contribution in [2.45, 2.75) is 74.6 Å². The van der Waals surface area contributed by atoms with E-state index in [-0.39, 0.29) is 23.5 Å². The quantitative estimate of drug-likeness (QED) is 0.436. The summed E-state index contributed by atoms with van der Waals surface area (Å²) in [5.41, 5.74) is 3.20. The van der Waals surface area contributed by atoms with Crippen LogP contribution in [0, 0.1) is 32.8 Å². The van der Waals surface area contributed by atoms with Gasteiger partial charge < -0.3 is 5.73 Å². The summed E-state index contributed by atoms with van der Waals surface area (Å²) in [7, 11) is -4.28. The second-order valence-corrected chi connectivity index (χ2v) is 12.6. The van der Waals surface area contributed by atoms with Crippen LogP contribution in [-0.2, 0) is 19.6 Å². The number of hydrogen-bond acceptors (Lipinski definition) is 6. The Hall–Kier alpha value is -2.33. The number of para-hydroxylation sites is 1. The van der Waals surface area contributed by atoms with Gasteiger partial charge in [-0.3, -0.25) is 19.7 Å². The van der Waals surface area contributed by atoms with Crippen LogP contribution in [0.1, 0.15) is 64.2 Å². The maximum absolute atomic E-state index is 13.7. The topological polar surface area (TPSA) is 149 Å². The molecule has 0 aliphatic heterocycles. The van der Waals surface area contributed by atoms with Gasteiger partial charge in [0, 0.05) is 12.5 Å². The summed E-state index contributed by atoms with van der Waals surface area (Å²) >= 11 is 0. The summed E-state index contributed by atoms with van der Waals surface area (Å²) in [6, 6.07) is 5.16. The van der Waals surface area contributed by atoms with Gasteiger partial charge in [0.2, 0.25) is 15.9 Å². The number of Topliss-reactive ketones (excluding diaryl/α,β-unsaturated/α-hetero) is 1. The molecule has 1 aromatic carbocycles. The smallest absolute Gasteiger partial charge is 0.289 e. The van der Waals surface area contributed by atoms with Gasteiger partial charge in [-0.25, -0.2) is 8.42 Å². The number of hydrogen-bond donors (Lipinski definition) is 2. The van der Waals surface area contributed by atoms with Crippen molar-refractivity contribution in [2.75, 3.05) is 0 Å². The standard InChI is InChI=1S/C23H29N3O6S/c24-20(28)22-11-15-8-16(12-22)10-21(9-15,14-22)13-19(27)23(6-3-7-23)25-33(31,32)18-5-2-1-4-17(18)26(29)30/h1-2,4-5,15-16,25H,3,6-14H2,(H2,24,28). The van der Waals surface area contributed by atoms with Crippen LogP contribution in [0.2, 0.25) is 0 Å². The van der Waals surface area contributed by atoms with Crippen molar-refractivity contribution < 1.29 is 22.9 Å². The van der Waals surface area contributed by atoms with E-state index >= 15 is 0 Å². The van der Waals surface area contributed by atoms with Crippen LogP contribution in [0.25, 0.3) is 0 Å². The third-order valence-electron chi connectivity index (χ3n) is 8.66. The Labute approximate surface area is 192 Å². The second-order valence-electron chi connectivity index (χ2n) is 11.0. The first-order valence-electron chi connectivity index (χ1n) is 11.6. The highest BCUT2D eigenvalue weighted by Crippen LogP contribution is 2.66. The zero-order valence-corrected chi connectivity index (χ0v) is 19.2. The maximum Gasteiger partial charge on any atom is 0.289 e. The predicted molar refractivity (Wildman–Crippen MR) is 118 cm³/mol. The molecule has 5 saturated carbocycles. The van der Waals surface area contributed by atoms with E-state index in [9.17, 15) is 28.1 Å². The SMILES string of the molecule is NC(=O)C12CC3CC(CC(CC(=O)C4(NS(=O)(=O)c5ccccc5[N+](=O)[O-])CCC4)(C3)C1)C2. The van der Waals surface area contributed by atoms with Gasteiger partial charge in [-0.1, -0.05) is 12.1 Å². The number of nitrogens with one attached hydrogen (secondary N) is 1. The fraction of sp³-hybridized carbons (Fsp3) is 0.652. The van der Waals surface area contributed by atoms with Gasteiger partial charge in [-0.2, -0.15) is 4.72 Å². The van der Waals surface area contributed by atoms with Crippen LogP contribution in [-0.4, -0.2) is 30.6 Å². The fourth-order valence-electron chi connectivity index (χ4n) is 7.57. The molecule has 178 valence electrons. The molecule has 0 heterocycles. The Bertz CT molecular complexity index is 1130. The first-order valence-corrected chi connectivity index (χ1v) is 13.1. The Morgan fingerprint density at radius 1 is 1.12 bits per heavy atom. The van der Waals surface area contributed by atoms with Gasteiger partial charge in [0.25, 0.3) is 5.69 Å². The van der Waals surface area contributed by atoms with E-state index in [0.29, 0.717) is 37.5 Å². The Balaban J connectivity index is 1.41. The van der Waals surface area contributed by atoms with Crippen molar-refractivity contribution in [3.8, 4) is 0 Å². The number of ketones is 1. The van der Waals surface area contributed by atoms with Crippen molar-refractivity contribution in [2.24, 2.45) is 28.4 Å². The zero-order chi connectivity index (χ0) is 23.6. The summed E-state index contributed by atoms with van der Waals surface area (Å²) in [5, 5.41) is 11.4. The average Bonchev–Trinajstić information content (AvgIpc) is 2.69. The van der Waals surface area contributed by atoms with Gasteiger partial charge in [0.1, 0.15) is 0 Å². The fourth-order valence-corrected chi connectivity index (χ4v) is 9.19. The summed E-state index contributed by atoms with van der Waals surface area (Å²) in [6.45, 7) is 0. The highest BCUT2D eigenvalue weighted by molar-refractivity contribution is 7.89. The number of nitrogens with two attached hydrogens (primary N) is 1. The van der Waals surface area contributed by atoms with Crippen molar-refractivity contribution in [1.29, 1.82) is 0 Å². The van der Waals surface area contributed by atoms with Crippen LogP contribution < -0.4 is 10.5 Å². The summed E-state index contributed by atoms with van der Waals surface area (Å²) in [4.78, 5) is 36.2. The molecule has 33 heavy (non-hydrogen) atoms. The van der Waals surface area contributed by atoms with Crippen molar-refractivity contribution in [3.63, 3.8) is 0 Å². The van der Waals surface area contributed by atoms with Gasteiger partial charge in [0.05, 0.1) is 15.9 Å². The van der Waals surface area contributed by atoms with Crippen LogP contribution >= 0.6 is 0 Å². The average molecular weight is 476 g/mol. The monoisotopic (exact) mass is 475 g/mol. The molecule has 3 N–H and O–H groups in total. The largest absolute Gasteiger partial charge is 0.369 e. The molecule has 6 rings (SSSR count). The molecule has 5 aliphatic rings. The number of primary amides is 1. The molecule has 5 fully saturated rings. The predicted octanol–water partition coefficient (Wildman–Crippen LogP) is 2.83. The number of carbonyl (C=O) groups excluding carboxylic acids is 2. The highest BCUT2D eigenvalue weighted by Gasteiger charge is 2.61. The Kier molecular flexibility index (Phi) is 4.99. The van der Waals surface area contributed by atoms with E-state index in [0.717, 1.165) is 38.2 Å². The third-order valence-corrected chi connectivity index (χ3v) is 10.2. The molecule has 1 aromatic rings. The van der Waals surface area contributed by atoms with E-state index in [2.05, 4.69) is 4.72 Å². The minimum absolute atomic E-state index is 0.169. The van der Waals surface area contributed by atoms with Crippen molar-refractivity contribution in [1.82, 2.24) is 4.72 Å². The van der Waals surface area contributed by atoms with E-state index in [1.165, 1.54) is 18.2 Å². The molecule has 9 nitrogen and oxygen atoms in total. The number of amides is 1. The minimum atomic E-state index is -4.28. The van der Waals surface area contributed by atoms with Crippen molar-refractivity contribution in [3.05, 3.63) is 34.4 Å². The molecule has 2 unspecified atom stereocenters. The molecule has 10 heteroatoms. The van der Waals surface area contributed by atoms with E-state index < -0.39 is 36.5 Å². The molecule has 5 aliphatic carbocycles. The molecule has 2 atom stereocenters. The Morgan fingerprint density at radius 3 is 2.30 bits per heavy atom. The molecule has 0 spiro atoms. The van der Waals surface area contributed by atoms with E-state index in [1.807, 2.05) is 0 Å². The maximum atomic E-state index is 13.7. The molecular formula is C23H29N3O6S. The second kappa shape index (κ2) is 7.33. The number of nitro benzene ring substituents is 1. The normalized spacial score (nSPS) is 33.9. The Morgan fingerprint density at radius 2 is 1.76 bits per heavy atom. The molecule has 0 saturated heterocycles. The number of nitro groups is 1. The number of rotatable bonds is 8. The van der Waals surface area contributed by atoms with E-state index in [4.69, 9.17) is 5.73 Å². The zero-order valence-electron chi connectivity index (χ0n) is 18.4. The molecule has 4 bridgehead atoms. The third kappa shape index (κ3) is 3.58. The van der Waals surface area contributed by atoms with Crippen LogP contribution in [0.3, 0.4) is 0 Å². The first-order chi connectivity index (χ1) is 15.5. The van der Waals surface area contributed by atoms with Crippen LogP contribution in [0.5, 0.6) is 0 Å². The molecular weight excluding hydrogens is 446 g/mol. The number of benzene rings is 1. The lowest BCUT2D eigenvalue weighted by molar-refractivity contribution is -0.387. The number of carbonyl (C=O) groups is 2. The number of sulfonamides is 1. The molecule has 0 aromatic heterocycles. The van der Waals surface area contributed by atoms with E-state index in [1.54, 1.807) is 0 Å². The summed E-state index contributed by atoms with van der Waals surface area (Å²) < 4.78 is 28.9. The minimum Gasteiger partial charge on any atom is -0.369 e. The van der Waals surface area contributed by atoms with Gasteiger partial charge in [0.15, 0.2) is 10.7 Å². The summed E-state index contributed by atoms with van der Waals surface area (Å²) in [6.07, 6.45) is 6.67. The lowest BCUT2D eigenvalue weighted by atomic mass is 9.43. The van der Waals surface area contributed by atoms with Crippen LogP contribution in [0.15, 0.2) is 29.2 Å². The first kappa shape index (κ1) is 22.5. The molecule has 0 radical (unpaired) electrons. The lowest BCUT2D eigenvalue weighted by Crippen LogP contribution is -2.62. The van der Waals surface area contributed by atoms with Crippen LogP contribution in [0.4, 0.5) is 5.69 Å². The van der Waals surface area contributed by atoms with Gasteiger partial charge in [-0.15, -0.1) is 0 Å². The van der Waals surface area contributed by atoms with Gasteiger partial charge in [-0.05, 0) is 81.1 Å². The van der Waals surface area contributed by atoms with Crippen molar-refractivity contribution >= 4 is 27.4 Å². The summed E-state index contributed by atoms with van der Waals surface area (Å²) in [5.74, 6) is 0.321. The van der Waals surface area contributed by atoms with Gasteiger partial charge >= 0.3 is 0 Å².